The van der Waals surface area contributed by atoms with Crippen LogP contribution in [0.1, 0.15) is 19.3 Å². The van der Waals surface area contributed by atoms with Crippen molar-refractivity contribution < 1.29 is 23.0 Å². The van der Waals surface area contributed by atoms with Gasteiger partial charge in [0.15, 0.2) is 0 Å². The molecule has 5 nitrogen and oxygen atoms in total. The SMILES string of the molecule is OC(CNCC1CCN(CCC(F)(F)F)CC1)COc1cccc2[nH]ccc12. The minimum Gasteiger partial charge on any atom is -0.490 e. The standard InChI is InChI=1S/C20H28F3N3O2/c21-20(22,23)7-11-26-9-5-15(6-10-26)12-24-13-16(27)14-28-19-3-1-2-18-17(19)4-8-25-18/h1-4,8,15-16,24-25,27H,5-7,9-14H2. The summed E-state index contributed by atoms with van der Waals surface area (Å²) in [6.45, 7) is 2.89. The van der Waals surface area contributed by atoms with E-state index in [1.54, 1.807) is 0 Å². The monoisotopic (exact) mass is 399 g/mol. The first-order valence-corrected chi connectivity index (χ1v) is 9.77. The van der Waals surface area contributed by atoms with E-state index in [-0.39, 0.29) is 13.2 Å². The van der Waals surface area contributed by atoms with Crippen molar-refractivity contribution in [2.75, 3.05) is 39.3 Å². The maximum atomic E-state index is 12.3. The van der Waals surface area contributed by atoms with E-state index in [0.717, 1.165) is 36.0 Å². The van der Waals surface area contributed by atoms with Crippen LogP contribution in [0, 0.1) is 5.92 Å². The lowest BCUT2D eigenvalue weighted by atomic mass is 9.96. The summed E-state index contributed by atoms with van der Waals surface area (Å²) < 4.78 is 42.6. The third-order valence-electron chi connectivity index (χ3n) is 5.22. The van der Waals surface area contributed by atoms with Crippen molar-refractivity contribution in [1.82, 2.24) is 15.2 Å². The third-order valence-corrected chi connectivity index (χ3v) is 5.22. The van der Waals surface area contributed by atoms with Crippen molar-refractivity contribution >= 4 is 10.9 Å². The van der Waals surface area contributed by atoms with Gasteiger partial charge in [-0.15, -0.1) is 0 Å². The molecule has 3 N–H and O–H groups in total. The highest BCUT2D eigenvalue weighted by Gasteiger charge is 2.29. The fourth-order valence-electron chi connectivity index (χ4n) is 3.58. The highest BCUT2D eigenvalue weighted by Crippen LogP contribution is 2.25. The second kappa shape index (κ2) is 9.62. The second-order valence-corrected chi connectivity index (χ2v) is 7.47. The quantitative estimate of drug-likeness (QED) is 0.606. The molecule has 0 amide bonds. The van der Waals surface area contributed by atoms with Crippen molar-refractivity contribution in [2.24, 2.45) is 5.92 Å². The van der Waals surface area contributed by atoms with Crippen LogP contribution in [-0.4, -0.2) is 66.6 Å². The van der Waals surface area contributed by atoms with E-state index in [4.69, 9.17) is 4.74 Å². The Morgan fingerprint density at radius 2 is 2.04 bits per heavy atom. The minimum absolute atomic E-state index is 0.0909. The van der Waals surface area contributed by atoms with Crippen LogP contribution < -0.4 is 10.1 Å². The van der Waals surface area contributed by atoms with Gasteiger partial charge in [-0.05, 0) is 56.6 Å². The van der Waals surface area contributed by atoms with Crippen LogP contribution in [0.5, 0.6) is 5.75 Å². The highest BCUT2D eigenvalue weighted by molar-refractivity contribution is 5.85. The topological polar surface area (TPSA) is 60.5 Å². The summed E-state index contributed by atoms with van der Waals surface area (Å²) in [6.07, 6.45) is -1.83. The Morgan fingerprint density at radius 3 is 2.79 bits per heavy atom. The Bertz CT molecular complexity index is 727. The third kappa shape index (κ3) is 6.39. The van der Waals surface area contributed by atoms with E-state index in [9.17, 15) is 18.3 Å². The van der Waals surface area contributed by atoms with Gasteiger partial charge in [0.1, 0.15) is 18.5 Å². The first-order valence-electron chi connectivity index (χ1n) is 9.77. The van der Waals surface area contributed by atoms with Gasteiger partial charge in [-0.3, -0.25) is 0 Å². The number of hydrogen-bond donors (Lipinski definition) is 3. The molecule has 0 saturated carbocycles. The molecular formula is C20H28F3N3O2. The van der Waals surface area contributed by atoms with Crippen molar-refractivity contribution in [3.63, 3.8) is 0 Å². The number of alkyl halides is 3. The number of fused-ring (bicyclic) bond motifs is 1. The molecule has 1 unspecified atom stereocenters. The fourth-order valence-corrected chi connectivity index (χ4v) is 3.58. The summed E-state index contributed by atoms with van der Waals surface area (Å²) in [5, 5.41) is 14.4. The number of nitrogens with one attached hydrogen (secondary N) is 2. The largest absolute Gasteiger partial charge is 0.490 e. The molecule has 0 aliphatic carbocycles. The van der Waals surface area contributed by atoms with Crippen molar-refractivity contribution in [3.05, 3.63) is 30.5 Å². The number of aliphatic hydroxyl groups is 1. The predicted molar refractivity (Wildman–Crippen MR) is 103 cm³/mol. The lowest BCUT2D eigenvalue weighted by molar-refractivity contribution is -0.138. The molecular weight excluding hydrogens is 371 g/mol. The first kappa shape index (κ1) is 21.0. The first-order chi connectivity index (χ1) is 13.4. The number of rotatable bonds is 9. The maximum Gasteiger partial charge on any atom is 0.390 e. The predicted octanol–water partition coefficient (Wildman–Crippen LogP) is 3.16. The summed E-state index contributed by atoms with van der Waals surface area (Å²) in [4.78, 5) is 5.01. The Labute approximate surface area is 162 Å². The van der Waals surface area contributed by atoms with E-state index in [1.165, 1.54) is 0 Å². The molecule has 1 aromatic heterocycles. The molecule has 2 heterocycles. The van der Waals surface area contributed by atoms with E-state index < -0.39 is 18.7 Å². The number of nitrogens with zero attached hydrogens (tertiary/aromatic N) is 1. The molecule has 0 spiro atoms. The van der Waals surface area contributed by atoms with Gasteiger partial charge in [-0.25, -0.2) is 0 Å². The van der Waals surface area contributed by atoms with Gasteiger partial charge in [0.05, 0.1) is 6.42 Å². The number of aliphatic hydroxyl groups excluding tert-OH is 1. The minimum atomic E-state index is -4.08. The molecule has 0 radical (unpaired) electrons. The van der Waals surface area contributed by atoms with Gasteiger partial charge >= 0.3 is 6.18 Å². The van der Waals surface area contributed by atoms with Gasteiger partial charge in [0, 0.05) is 30.2 Å². The van der Waals surface area contributed by atoms with Gasteiger partial charge in [0.25, 0.3) is 0 Å². The summed E-state index contributed by atoms with van der Waals surface area (Å²) in [6, 6.07) is 7.69. The molecule has 1 aliphatic rings. The Morgan fingerprint density at radius 1 is 1.25 bits per heavy atom. The molecule has 1 aromatic carbocycles. The van der Waals surface area contributed by atoms with E-state index in [2.05, 4.69) is 10.3 Å². The molecule has 1 saturated heterocycles. The van der Waals surface area contributed by atoms with Crippen molar-refractivity contribution in [2.45, 2.75) is 31.5 Å². The average Bonchev–Trinajstić information content (AvgIpc) is 3.14. The number of aromatic amines is 1. The van der Waals surface area contributed by atoms with Gasteiger partial charge in [-0.2, -0.15) is 13.2 Å². The summed E-state index contributed by atoms with van der Waals surface area (Å²) in [7, 11) is 0. The average molecular weight is 399 g/mol. The molecule has 1 atom stereocenters. The molecule has 2 aromatic rings. The zero-order valence-electron chi connectivity index (χ0n) is 15.8. The van der Waals surface area contributed by atoms with E-state index in [0.29, 0.717) is 25.6 Å². The van der Waals surface area contributed by atoms with Gasteiger partial charge < -0.3 is 25.0 Å². The van der Waals surface area contributed by atoms with E-state index >= 15 is 0 Å². The highest BCUT2D eigenvalue weighted by atomic mass is 19.4. The normalized spacial score (nSPS) is 17.9. The van der Waals surface area contributed by atoms with Crippen molar-refractivity contribution in [3.8, 4) is 5.75 Å². The maximum absolute atomic E-state index is 12.3. The lowest BCUT2D eigenvalue weighted by Gasteiger charge is -2.32. The lowest BCUT2D eigenvalue weighted by Crippen LogP contribution is -2.40. The summed E-state index contributed by atoms with van der Waals surface area (Å²) >= 11 is 0. The summed E-state index contributed by atoms with van der Waals surface area (Å²) in [5.74, 6) is 1.17. The van der Waals surface area contributed by atoms with E-state index in [1.807, 2.05) is 35.4 Å². The number of halogens is 3. The zero-order valence-corrected chi connectivity index (χ0v) is 15.8. The zero-order chi connectivity index (χ0) is 20.0. The van der Waals surface area contributed by atoms with Crippen LogP contribution in [0.3, 0.4) is 0 Å². The van der Waals surface area contributed by atoms with Crippen LogP contribution in [0.2, 0.25) is 0 Å². The number of aromatic nitrogens is 1. The van der Waals surface area contributed by atoms with Gasteiger partial charge in [0.2, 0.25) is 0 Å². The van der Waals surface area contributed by atoms with Crippen LogP contribution >= 0.6 is 0 Å². The second-order valence-electron chi connectivity index (χ2n) is 7.47. The number of ether oxygens (including phenoxy) is 1. The number of likely N-dealkylation sites (tertiary alicyclic amines) is 1. The molecule has 0 bridgehead atoms. The number of H-pyrrole nitrogens is 1. The molecule has 1 fully saturated rings. The number of hydrogen-bond acceptors (Lipinski definition) is 4. The van der Waals surface area contributed by atoms with Crippen molar-refractivity contribution in [1.29, 1.82) is 0 Å². The summed E-state index contributed by atoms with van der Waals surface area (Å²) in [5.41, 5.74) is 0.992. The van der Waals surface area contributed by atoms with Gasteiger partial charge in [-0.1, -0.05) is 6.07 Å². The Balaban J connectivity index is 1.30. The number of benzene rings is 1. The Hall–Kier alpha value is -1.77. The molecule has 8 heteroatoms. The molecule has 1 aliphatic heterocycles. The number of piperidine rings is 1. The van der Waals surface area contributed by atoms with Crippen LogP contribution in [0.25, 0.3) is 10.9 Å². The molecule has 28 heavy (non-hydrogen) atoms. The van der Waals surface area contributed by atoms with Crippen LogP contribution in [0.4, 0.5) is 13.2 Å². The fraction of sp³-hybridized carbons (Fsp3) is 0.600. The Kier molecular flexibility index (Phi) is 7.20. The molecule has 156 valence electrons. The smallest absolute Gasteiger partial charge is 0.390 e. The van der Waals surface area contributed by atoms with Crippen LogP contribution in [-0.2, 0) is 0 Å². The molecule has 3 rings (SSSR count). The van der Waals surface area contributed by atoms with Crippen LogP contribution in [0.15, 0.2) is 30.5 Å².